The first-order chi connectivity index (χ1) is 6.18. The number of ether oxygens (including phenoxy) is 1. The molecular formula is C11H18O2. The fourth-order valence-electron chi connectivity index (χ4n) is 1.80. The summed E-state index contributed by atoms with van der Waals surface area (Å²) in [5.74, 6) is -0.194. The van der Waals surface area contributed by atoms with Crippen molar-refractivity contribution in [1.82, 2.24) is 0 Å². The van der Waals surface area contributed by atoms with E-state index in [4.69, 9.17) is 4.74 Å². The van der Waals surface area contributed by atoms with Gasteiger partial charge in [-0.3, -0.25) is 4.79 Å². The summed E-state index contributed by atoms with van der Waals surface area (Å²) in [5, 5.41) is 0. The van der Waals surface area contributed by atoms with Crippen LogP contribution in [0.5, 0.6) is 0 Å². The summed E-state index contributed by atoms with van der Waals surface area (Å²) >= 11 is 0. The molecule has 0 unspecified atom stereocenters. The Hall–Kier alpha value is -0.790. The van der Waals surface area contributed by atoms with Crippen molar-refractivity contribution in [3.05, 3.63) is 11.6 Å². The second kappa shape index (κ2) is 5.05. The van der Waals surface area contributed by atoms with E-state index in [1.807, 2.05) is 6.92 Å². The predicted molar refractivity (Wildman–Crippen MR) is 52.4 cm³/mol. The van der Waals surface area contributed by atoms with Crippen LogP contribution in [0.2, 0.25) is 0 Å². The molecule has 1 aliphatic carbocycles. The molecule has 0 radical (unpaired) electrons. The van der Waals surface area contributed by atoms with Crippen LogP contribution in [0, 0.1) is 0 Å². The molecular weight excluding hydrogens is 164 g/mol. The first-order valence-electron chi connectivity index (χ1n) is 5.05. The van der Waals surface area contributed by atoms with Crippen LogP contribution < -0.4 is 0 Å². The lowest BCUT2D eigenvalue weighted by molar-refractivity contribution is -0.143. The Balaban J connectivity index is 2.38. The summed E-state index contributed by atoms with van der Waals surface area (Å²) in [6.07, 6.45) is 8.35. The van der Waals surface area contributed by atoms with E-state index in [0.717, 1.165) is 0 Å². The first-order valence-corrected chi connectivity index (χ1v) is 5.05. The molecule has 1 rings (SSSR count). The number of hydrogen-bond acceptors (Lipinski definition) is 2. The molecule has 0 heterocycles. The second-order valence-electron chi connectivity index (χ2n) is 3.70. The molecule has 0 spiro atoms. The van der Waals surface area contributed by atoms with Crippen LogP contribution in [0.1, 0.15) is 46.0 Å². The van der Waals surface area contributed by atoms with E-state index in [0.29, 0.717) is 0 Å². The van der Waals surface area contributed by atoms with Gasteiger partial charge in [0.2, 0.25) is 0 Å². The number of allylic oxidation sites excluding steroid dienone is 1. The molecule has 1 atom stereocenters. The van der Waals surface area contributed by atoms with E-state index in [-0.39, 0.29) is 12.1 Å². The predicted octanol–water partition coefficient (Wildman–Crippen LogP) is 2.83. The molecule has 0 aliphatic heterocycles. The molecule has 0 aromatic rings. The van der Waals surface area contributed by atoms with Gasteiger partial charge in [0.05, 0.1) is 0 Å². The molecule has 2 nitrogen and oxygen atoms in total. The van der Waals surface area contributed by atoms with Gasteiger partial charge < -0.3 is 4.74 Å². The van der Waals surface area contributed by atoms with Crippen molar-refractivity contribution in [3.63, 3.8) is 0 Å². The Bertz CT molecular complexity index is 198. The topological polar surface area (TPSA) is 26.3 Å². The van der Waals surface area contributed by atoms with Gasteiger partial charge in [-0.25, -0.2) is 0 Å². The molecule has 74 valence electrons. The fraction of sp³-hybridized carbons (Fsp3) is 0.727. The molecule has 0 N–H and O–H groups in total. The van der Waals surface area contributed by atoms with Crippen LogP contribution in [0.15, 0.2) is 11.6 Å². The minimum absolute atomic E-state index is 0.0504. The monoisotopic (exact) mass is 182 g/mol. The van der Waals surface area contributed by atoms with E-state index >= 15 is 0 Å². The standard InChI is InChI=1S/C11H18O2/c1-9(13-10(2)12)8-11-6-4-3-5-7-11/h8-9H,3-7H2,1-2H3/t9-/m1/s1. The third-order valence-electron chi connectivity index (χ3n) is 2.32. The van der Waals surface area contributed by atoms with Crippen molar-refractivity contribution in [2.24, 2.45) is 0 Å². The number of hydrogen-bond donors (Lipinski definition) is 0. The minimum Gasteiger partial charge on any atom is -0.459 e. The van der Waals surface area contributed by atoms with E-state index in [2.05, 4.69) is 6.08 Å². The Kier molecular flexibility index (Phi) is 4.00. The molecule has 0 bridgehead atoms. The minimum atomic E-state index is -0.194. The van der Waals surface area contributed by atoms with Gasteiger partial charge >= 0.3 is 5.97 Å². The summed E-state index contributed by atoms with van der Waals surface area (Å²) < 4.78 is 5.04. The van der Waals surface area contributed by atoms with E-state index < -0.39 is 0 Å². The van der Waals surface area contributed by atoms with Crippen LogP contribution in [0.4, 0.5) is 0 Å². The zero-order valence-corrected chi connectivity index (χ0v) is 8.51. The molecule has 1 fully saturated rings. The van der Waals surface area contributed by atoms with Crippen LogP contribution in [0.25, 0.3) is 0 Å². The molecule has 2 heteroatoms. The van der Waals surface area contributed by atoms with E-state index in [1.54, 1.807) is 0 Å². The van der Waals surface area contributed by atoms with E-state index in [1.165, 1.54) is 44.6 Å². The van der Waals surface area contributed by atoms with Gasteiger partial charge in [-0.1, -0.05) is 12.0 Å². The normalized spacial score (nSPS) is 19.4. The highest BCUT2D eigenvalue weighted by Gasteiger charge is 2.08. The maximum absolute atomic E-state index is 10.6. The van der Waals surface area contributed by atoms with Crippen molar-refractivity contribution in [1.29, 1.82) is 0 Å². The first kappa shape index (κ1) is 10.3. The summed E-state index contributed by atoms with van der Waals surface area (Å²) in [6.45, 7) is 3.37. The van der Waals surface area contributed by atoms with Gasteiger partial charge in [0.15, 0.2) is 0 Å². The number of carbonyl (C=O) groups is 1. The molecule has 0 aromatic heterocycles. The van der Waals surface area contributed by atoms with Gasteiger partial charge in [-0.05, 0) is 38.7 Å². The van der Waals surface area contributed by atoms with Crippen molar-refractivity contribution >= 4 is 5.97 Å². The van der Waals surface area contributed by atoms with Crippen LogP contribution in [0.3, 0.4) is 0 Å². The zero-order chi connectivity index (χ0) is 9.68. The molecule has 0 aromatic carbocycles. The number of carbonyl (C=O) groups excluding carboxylic acids is 1. The highest BCUT2D eigenvalue weighted by Crippen LogP contribution is 2.23. The summed E-state index contributed by atoms with van der Waals surface area (Å²) in [7, 11) is 0. The van der Waals surface area contributed by atoms with Crippen LogP contribution in [-0.4, -0.2) is 12.1 Å². The van der Waals surface area contributed by atoms with Crippen molar-refractivity contribution in [2.75, 3.05) is 0 Å². The van der Waals surface area contributed by atoms with Gasteiger partial charge in [-0.2, -0.15) is 0 Å². The molecule has 1 saturated carbocycles. The van der Waals surface area contributed by atoms with E-state index in [9.17, 15) is 4.79 Å². The highest BCUT2D eigenvalue weighted by molar-refractivity contribution is 5.66. The Labute approximate surface area is 80.0 Å². The summed E-state index contributed by atoms with van der Waals surface area (Å²) in [5.41, 5.74) is 1.46. The number of rotatable bonds is 2. The van der Waals surface area contributed by atoms with Crippen molar-refractivity contribution in [2.45, 2.75) is 52.1 Å². The molecule has 1 aliphatic rings. The molecule has 13 heavy (non-hydrogen) atoms. The Morgan fingerprint density at radius 3 is 2.54 bits per heavy atom. The van der Waals surface area contributed by atoms with Gasteiger partial charge in [0.25, 0.3) is 0 Å². The lowest BCUT2D eigenvalue weighted by atomic mass is 9.94. The average molecular weight is 182 g/mol. The fourth-order valence-corrected chi connectivity index (χ4v) is 1.80. The van der Waals surface area contributed by atoms with Gasteiger partial charge in [0, 0.05) is 6.92 Å². The number of esters is 1. The Morgan fingerprint density at radius 2 is 2.00 bits per heavy atom. The highest BCUT2D eigenvalue weighted by atomic mass is 16.5. The van der Waals surface area contributed by atoms with Crippen LogP contribution >= 0.6 is 0 Å². The second-order valence-corrected chi connectivity index (χ2v) is 3.70. The average Bonchev–Trinajstić information content (AvgIpc) is 2.04. The quantitative estimate of drug-likeness (QED) is 0.485. The zero-order valence-electron chi connectivity index (χ0n) is 8.51. The van der Waals surface area contributed by atoms with Crippen LogP contribution in [-0.2, 0) is 9.53 Å². The summed E-state index contributed by atoms with van der Waals surface area (Å²) in [6, 6.07) is 0. The SMILES string of the molecule is CC(=O)O[C@H](C)C=C1CCCCC1. The van der Waals surface area contributed by atoms with Crippen molar-refractivity contribution < 1.29 is 9.53 Å². The maximum atomic E-state index is 10.6. The smallest absolute Gasteiger partial charge is 0.303 e. The molecule has 0 amide bonds. The lowest BCUT2D eigenvalue weighted by Crippen LogP contribution is -2.10. The largest absolute Gasteiger partial charge is 0.459 e. The Morgan fingerprint density at radius 1 is 1.38 bits per heavy atom. The van der Waals surface area contributed by atoms with Gasteiger partial charge in [0.1, 0.15) is 6.10 Å². The third kappa shape index (κ3) is 4.11. The van der Waals surface area contributed by atoms with Crippen molar-refractivity contribution in [3.8, 4) is 0 Å². The third-order valence-corrected chi connectivity index (χ3v) is 2.32. The lowest BCUT2D eigenvalue weighted by Gasteiger charge is -2.15. The summed E-state index contributed by atoms with van der Waals surface area (Å²) in [4.78, 5) is 10.6. The molecule has 0 saturated heterocycles. The maximum Gasteiger partial charge on any atom is 0.303 e. The van der Waals surface area contributed by atoms with Gasteiger partial charge in [-0.15, -0.1) is 0 Å².